The van der Waals surface area contributed by atoms with Crippen LogP contribution in [0.2, 0.25) is 0 Å². The normalized spacial score (nSPS) is 15.1. The maximum Gasteiger partial charge on any atom is 0.218 e. The van der Waals surface area contributed by atoms with Gasteiger partial charge in [0.05, 0.1) is 18.8 Å². The van der Waals surface area contributed by atoms with Gasteiger partial charge in [0.15, 0.2) is 0 Å². The Hall–Kier alpha value is -1.89. The maximum absolute atomic E-state index is 14.2. The first-order chi connectivity index (χ1) is 8.55. The van der Waals surface area contributed by atoms with Crippen molar-refractivity contribution in [1.82, 2.24) is 0 Å². The Balaban J connectivity index is 5.85. The highest BCUT2D eigenvalue weighted by Crippen LogP contribution is 2.22. The molecule has 0 amide bonds. The van der Waals surface area contributed by atoms with Gasteiger partial charge >= 0.3 is 0 Å². The van der Waals surface area contributed by atoms with Crippen LogP contribution in [0.4, 0.5) is 4.39 Å². The van der Waals surface area contributed by atoms with Crippen molar-refractivity contribution >= 4 is 5.90 Å². The molecule has 0 N–H and O–H groups in total. The summed E-state index contributed by atoms with van der Waals surface area (Å²) in [6.45, 7) is 5.29. The monoisotopic (exact) mass is 250 g/mol. The fraction of sp³-hybridized carbons (Fsp3) is 0.429. The Morgan fingerprint density at radius 2 is 2.11 bits per heavy atom. The van der Waals surface area contributed by atoms with E-state index in [9.17, 15) is 4.39 Å². The number of allylic oxidation sites excluding steroid dienone is 4. The minimum Gasteiger partial charge on any atom is -0.481 e. The third-order valence-corrected chi connectivity index (χ3v) is 2.51. The summed E-state index contributed by atoms with van der Waals surface area (Å²) in [6.07, 6.45) is 3.64. The van der Waals surface area contributed by atoms with Gasteiger partial charge in [-0.05, 0) is 31.9 Å². The third kappa shape index (κ3) is 4.17. The number of halogens is 1. The van der Waals surface area contributed by atoms with Gasteiger partial charge in [0.1, 0.15) is 5.83 Å². The maximum atomic E-state index is 14.2. The minimum atomic E-state index is -0.394. The van der Waals surface area contributed by atoms with Crippen LogP contribution in [0, 0.1) is 11.3 Å². The fourth-order valence-corrected chi connectivity index (χ4v) is 1.26. The average molecular weight is 250 g/mol. The first-order valence-electron chi connectivity index (χ1n) is 5.70. The standard InChI is InChI=1S/C14H19FN2O/c1-6-10(3)13(15)12(14(17-4)18-5)8-11(7-2)9-16/h7-8H,6H2,1-5H3. The van der Waals surface area contributed by atoms with E-state index < -0.39 is 5.83 Å². The first kappa shape index (κ1) is 16.1. The molecule has 4 heteroatoms. The van der Waals surface area contributed by atoms with E-state index in [1.54, 1.807) is 19.9 Å². The van der Waals surface area contributed by atoms with E-state index >= 15 is 0 Å². The summed E-state index contributed by atoms with van der Waals surface area (Å²) >= 11 is 0. The molecule has 0 aliphatic carbocycles. The van der Waals surface area contributed by atoms with Crippen LogP contribution in [0.1, 0.15) is 27.2 Å². The van der Waals surface area contributed by atoms with Crippen molar-refractivity contribution in [1.29, 1.82) is 5.26 Å². The molecule has 0 spiro atoms. The smallest absolute Gasteiger partial charge is 0.218 e. The lowest BCUT2D eigenvalue weighted by Crippen LogP contribution is -2.08. The zero-order chi connectivity index (χ0) is 14.1. The molecule has 0 bridgehead atoms. The van der Waals surface area contributed by atoms with Crippen molar-refractivity contribution in [3.8, 4) is 6.07 Å². The molecule has 0 unspecified atom stereocenters. The molecule has 0 heterocycles. The molecule has 0 aromatic heterocycles. The Labute approximate surface area is 108 Å². The van der Waals surface area contributed by atoms with Crippen LogP contribution in [0.3, 0.4) is 0 Å². The lowest BCUT2D eigenvalue weighted by molar-refractivity contribution is 0.401. The van der Waals surface area contributed by atoms with Crippen LogP contribution >= 0.6 is 0 Å². The van der Waals surface area contributed by atoms with E-state index in [2.05, 4.69) is 4.99 Å². The molecule has 0 saturated heterocycles. The summed E-state index contributed by atoms with van der Waals surface area (Å²) in [5.41, 5.74) is 1.16. The van der Waals surface area contributed by atoms with Crippen molar-refractivity contribution in [3.63, 3.8) is 0 Å². The Bertz CT molecular complexity index is 451. The Morgan fingerprint density at radius 1 is 1.50 bits per heavy atom. The molecule has 0 aliphatic rings. The van der Waals surface area contributed by atoms with E-state index in [1.165, 1.54) is 20.2 Å². The van der Waals surface area contributed by atoms with Gasteiger partial charge in [-0.3, -0.25) is 4.99 Å². The fourth-order valence-electron chi connectivity index (χ4n) is 1.26. The van der Waals surface area contributed by atoms with E-state index in [1.807, 2.05) is 13.0 Å². The highest BCUT2D eigenvalue weighted by Gasteiger charge is 2.15. The SMILES string of the molecule is CC=C(C#N)C=C(C(=NC)OC)C(F)=C(C)CC. The van der Waals surface area contributed by atoms with Crippen LogP contribution in [0.15, 0.2) is 39.7 Å². The van der Waals surface area contributed by atoms with Crippen molar-refractivity contribution in [2.75, 3.05) is 14.2 Å². The molecule has 0 radical (unpaired) electrons. The van der Waals surface area contributed by atoms with Gasteiger partial charge in [-0.1, -0.05) is 13.0 Å². The zero-order valence-corrected chi connectivity index (χ0v) is 11.5. The topological polar surface area (TPSA) is 45.4 Å². The largest absolute Gasteiger partial charge is 0.481 e. The van der Waals surface area contributed by atoms with Gasteiger partial charge in [0.25, 0.3) is 0 Å². The van der Waals surface area contributed by atoms with Gasteiger partial charge in [-0.15, -0.1) is 0 Å². The molecular weight excluding hydrogens is 231 g/mol. The number of rotatable bonds is 4. The lowest BCUT2D eigenvalue weighted by atomic mass is 10.1. The average Bonchev–Trinajstić information content (AvgIpc) is 2.41. The Morgan fingerprint density at radius 3 is 2.44 bits per heavy atom. The number of methoxy groups -OCH3 is 1. The number of nitriles is 1. The number of hydrogen-bond acceptors (Lipinski definition) is 3. The highest BCUT2D eigenvalue weighted by atomic mass is 19.1. The summed E-state index contributed by atoms with van der Waals surface area (Å²) in [5, 5.41) is 8.90. The molecule has 0 aromatic carbocycles. The molecule has 3 nitrogen and oxygen atoms in total. The molecule has 0 fully saturated rings. The van der Waals surface area contributed by atoms with Crippen LogP contribution in [0.5, 0.6) is 0 Å². The summed E-state index contributed by atoms with van der Waals surface area (Å²) in [6, 6.07) is 1.98. The van der Waals surface area contributed by atoms with Crippen LogP contribution in [-0.4, -0.2) is 20.1 Å². The van der Waals surface area contributed by atoms with Gasteiger partial charge < -0.3 is 4.74 Å². The predicted octanol–water partition coefficient (Wildman–Crippen LogP) is 3.71. The summed E-state index contributed by atoms with van der Waals surface area (Å²) in [4.78, 5) is 3.88. The first-order valence-corrected chi connectivity index (χ1v) is 5.70. The molecule has 0 saturated carbocycles. The van der Waals surface area contributed by atoms with Crippen LogP contribution in [0.25, 0.3) is 0 Å². The van der Waals surface area contributed by atoms with E-state index in [4.69, 9.17) is 10.00 Å². The molecule has 0 atom stereocenters. The molecule has 18 heavy (non-hydrogen) atoms. The summed E-state index contributed by atoms with van der Waals surface area (Å²) < 4.78 is 19.3. The van der Waals surface area contributed by atoms with Crippen molar-refractivity contribution in [2.45, 2.75) is 27.2 Å². The highest BCUT2D eigenvalue weighted by molar-refractivity contribution is 5.98. The number of ether oxygens (including phenoxy) is 1. The Kier molecular flexibility index (Phi) is 7.37. The minimum absolute atomic E-state index is 0.176. The van der Waals surface area contributed by atoms with Crippen LogP contribution < -0.4 is 0 Å². The van der Waals surface area contributed by atoms with Crippen LogP contribution in [-0.2, 0) is 4.74 Å². The molecule has 0 aliphatic heterocycles. The van der Waals surface area contributed by atoms with E-state index in [0.717, 1.165) is 0 Å². The van der Waals surface area contributed by atoms with Crippen molar-refractivity contribution in [3.05, 3.63) is 34.7 Å². The molecular formula is C14H19FN2O. The summed E-state index contributed by atoms with van der Waals surface area (Å²) in [7, 11) is 2.94. The van der Waals surface area contributed by atoms with Crippen molar-refractivity contribution in [2.24, 2.45) is 4.99 Å². The lowest BCUT2D eigenvalue weighted by Gasteiger charge is -2.09. The van der Waals surface area contributed by atoms with E-state index in [-0.39, 0.29) is 11.5 Å². The number of nitrogens with zero attached hydrogens (tertiary/aromatic N) is 2. The quantitative estimate of drug-likeness (QED) is 0.330. The van der Waals surface area contributed by atoms with Gasteiger partial charge in [0, 0.05) is 12.6 Å². The second-order valence-corrected chi connectivity index (χ2v) is 3.59. The molecule has 98 valence electrons. The second-order valence-electron chi connectivity index (χ2n) is 3.59. The second kappa shape index (κ2) is 8.24. The van der Waals surface area contributed by atoms with E-state index in [0.29, 0.717) is 17.6 Å². The molecule has 0 aromatic rings. The zero-order valence-electron chi connectivity index (χ0n) is 11.5. The van der Waals surface area contributed by atoms with Gasteiger partial charge in [0.2, 0.25) is 5.90 Å². The van der Waals surface area contributed by atoms with Crippen molar-refractivity contribution < 1.29 is 9.13 Å². The number of hydrogen-bond donors (Lipinski definition) is 0. The third-order valence-electron chi connectivity index (χ3n) is 2.51. The predicted molar refractivity (Wildman–Crippen MR) is 71.9 cm³/mol. The molecule has 0 rings (SSSR count). The summed E-state index contributed by atoms with van der Waals surface area (Å²) in [5.74, 6) is -0.218. The van der Waals surface area contributed by atoms with Gasteiger partial charge in [-0.2, -0.15) is 5.26 Å². The van der Waals surface area contributed by atoms with Gasteiger partial charge in [-0.25, -0.2) is 4.39 Å². The number of aliphatic imine (C=N–C) groups is 1.